The lowest BCUT2D eigenvalue weighted by Gasteiger charge is -2.14. The molecule has 0 saturated heterocycles. The Kier molecular flexibility index (Phi) is 4.35. The molecule has 0 bridgehead atoms. The van der Waals surface area contributed by atoms with Crippen molar-refractivity contribution in [2.24, 2.45) is 5.41 Å². The third-order valence-electron chi connectivity index (χ3n) is 2.80. The number of rotatable bonds is 7. The first kappa shape index (κ1) is 11.5. The van der Waals surface area contributed by atoms with E-state index in [1.54, 1.807) is 0 Å². The quantitative estimate of drug-likeness (QED) is 0.537. The van der Waals surface area contributed by atoms with Gasteiger partial charge in [-0.3, -0.25) is 4.79 Å². The zero-order valence-electron chi connectivity index (χ0n) is 8.81. The molecule has 0 aromatic carbocycles. The van der Waals surface area contributed by atoms with Gasteiger partial charge in [-0.25, -0.2) is 0 Å². The summed E-state index contributed by atoms with van der Waals surface area (Å²) in [5, 5.41) is 14.7. The normalized spacial score (nSPS) is 17.9. The van der Waals surface area contributed by atoms with E-state index >= 15 is 0 Å². The number of carbonyl (C=O) groups is 1. The molecular weight excluding hydrogens is 180 g/mol. The predicted molar refractivity (Wildman–Crippen MR) is 54.9 cm³/mol. The third kappa shape index (κ3) is 3.64. The van der Waals surface area contributed by atoms with Crippen LogP contribution in [0, 0.1) is 5.41 Å². The summed E-state index contributed by atoms with van der Waals surface area (Å²) in [5.41, 5.74) is 0.219. The van der Waals surface area contributed by atoms with Gasteiger partial charge in [-0.15, -0.1) is 0 Å². The third-order valence-corrected chi connectivity index (χ3v) is 2.80. The van der Waals surface area contributed by atoms with Crippen molar-refractivity contribution in [2.75, 3.05) is 26.2 Å². The predicted octanol–water partition coefficient (Wildman–Crippen LogP) is -0.125. The van der Waals surface area contributed by atoms with Crippen molar-refractivity contribution in [3.05, 3.63) is 0 Å². The summed E-state index contributed by atoms with van der Waals surface area (Å²) in [4.78, 5) is 11.2. The molecule has 0 aromatic rings. The molecule has 0 unspecified atom stereocenters. The van der Waals surface area contributed by atoms with Gasteiger partial charge in [0.1, 0.15) is 0 Å². The van der Waals surface area contributed by atoms with Crippen LogP contribution in [0.15, 0.2) is 0 Å². The average molecular weight is 200 g/mol. The Morgan fingerprint density at radius 3 is 2.71 bits per heavy atom. The number of aliphatic hydroxyl groups excluding tert-OH is 1. The fourth-order valence-corrected chi connectivity index (χ4v) is 1.52. The zero-order valence-corrected chi connectivity index (χ0v) is 8.81. The van der Waals surface area contributed by atoms with Gasteiger partial charge in [0.05, 0.1) is 6.54 Å². The molecule has 0 aliphatic heterocycles. The summed E-state index contributed by atoms with van der Waals surface area (Å²) in [6.07, 6.45) is 3.08. The van der Waals surface area contributed by atoms with Gasteiger partial charge in [-0.05, 0) is 31.2 Å². The second-order valence-corrected chi connectivity index (χ2v) is 4.03. The van der Waals surface area contributed by atoms with Gasteiger partial charge >= 0.3 is 0 Å². The van der Waals surface area contributed by atoms with E-state index in [1.165, 1.54) is 0 Å². The number of nitrogens with one attached hydrogen (secondary N) is 2. The topological polar surface area (TPSA) is 61.4 Å². The number of aliphatic hydroxyl groups is 1. The first-order valence-corrected chi connectivity index (χ1v) is 5.31. The van der Waals surface area contributed by atoms with Crippen LogP contribution in [0.3, 0.4) is 0 Å². The number of likely N-dealkylation sites (N-methyl/N-ethyl adjacent to an activating group) is 1. The summed E-state index contributed by atoms with van der Waals surface area (Å²) >= 11 is 0. The summed E-state index contributed by atoms with van der Waals surface area (Å²) < 4.78 is 0. The maximum absolute atomic E-state index is 11.2. The molecule has 1 amide bonds. The molecule has 1 aliphatic rings. The largest absolute Gasteiger partial charge is 0.396 e. The second kappa shape index (κ2) is 5.32. The van der Waals surface area contributed by atoms with Crippen LogP contribution in [-0.2, 0) is 4.79 Å². The van der Waals surface area contributed by atoms with Gasteiger partial charge in [-0.1, -0.05) is 6.92 Å². The molecule has 3 N–H and O–H groups in total. The molecule has 0 heterocycles. The maximum Gasteiger partial charge on any atom is 0.233 e. The van der Waals surface area contributed by atoms with Crippen LogP contribution in [0.25, 0.3) is 0 Å². The first-order valence-electron chi connectivity index (χ1n) is 5.31. The molecule has 4 heteroatoms. The Bertz CT molecular complexity index is 191. The highest BCUT2D eigenvalue weighted by atomic mass is 16.3. The Morgan fingerprint density at radius 1 is 1.50 bits per heavy atom. The Morgan fingerprint density at radius 2 is 2.21 bits per heavy atom. The highest BCUT2D eigenvalue weighted by Crippen LogP contribution is 2.47. The summed E-state index contributed by atoms with van der Waals surface area (Å²) in [6.45, 7) is 4.13. The summed E-state index contributed by atoms with van der Waals surface area (Å²) in [7, 11) is 0. The van der Waals surface area contributed by atoms with Gasteiger partial charge in [0.25, 0.3) is 0 Å². The van der Waals surface area contributed by atoms with Crippen molar-refractivity contribution in [2.45, 2.75) is 26.2 Å². The van der Waals surface area contributed by atoms with Gasteiger partial charge in [-0.2, -0.15) is 0 Å². The fraction of sp³-hybridized carbons (Fsp3) is 0.900. The molecule has 1 rings (SSSR count). The first-order chi connectivity index (χ1) is 6.72. The van der Waals surface area contributed by atoms with Crippen molar-refractivity contribution in [3.8, 4) is 0 Å². The van der Waals surface area contributed by atoms with Crippen LogP contribution in [-0.4, -0.2) is 37.3 Å². The van der Waals surface area contributed by atoms with Crippen molar-refractivity contribution < 1.29 is 9.90 Å². The Hall–Kier alpha value is -0.610. The number of hydrogen-bond acceptors (Lipinski definition) is 3. The van der Waals surface area contributed by atoms with E-state index in [-0.39, 0.29) is 17.9 Å². The smallest absolute Gasteiger partial charge is 0.233 e. The van der Waals surface area contributed by atoms with E-state index in [1.807, 2.05) is 6.92 Å². The summed E-state index contributed by atoms with van der Waals surface area (Å²) in [6, 6.07) is 0. The molecular formula is C10H20N2O2. The van der Waals surface area contributed by atoms with Gasteiger partial charge < -0.3 is 15.7 Å². The van der Waals surface area contributed by atoms with Crippen molar-refractivity contribution >= 4 is 5.91 Å². The molecule has 82 valence electrons. The van der Waals surface area contributed by atoms with Crippen molar-refractivity contribution in [3.63, 3.8) is 0 Å². The van der Waals surface area contributed by atoms with Gasteiger partial charge in [0.2, 0.25) is 5.91 Å². The molecule has 0 radical (unpaired) electrons. The lowest BCUT2D eigenvalue weighted by Crippen LogP contribution is -2.37. The molecule has 4 nitrogen and oxygen atoms in total. The van der Waals surface area contributed by atoms with E-state index in [4.69, 9.17) is 5.11 Å². The van der Waals surface area contributed by atoms with E-state index in [2.05, 4.69) is 10.6 Å². The number of amides is 1. The van der Waals surface area contributed by atoms with Crippen LogP contribution in [0.4, 0.5) is 0 Å². The van der Waals surface area contributed by atoms with Gasteiger partial charge in [0.15, 0.2) is 0 Å². The molecule has 1 aliphatic carbocycles. The Labute approximate surface area is 85.1 Å². The summed E-state index contributed by atoms with van der Waals surface area (Å²) in [5.74, 6) is 0.0519. The monoisotopic (exact) mass is 200 g/mol. The molecule has 1 saturated carbocycles. The lowest BCUT2D eigenvalue weighted by molar-refractivity contribution is -0.120. The minimum atomic E-state index is 0.0519. The van der Waals surface area contributed by atoms with Crippen LogP contribution >= 0.6 is 0 Å². The van der Waals surface area contributed by atoms with Gasteiger partial charge in [0, 0.05) is 13.2 Å². The fourth-order valence-electron chi connectivity index (χ4n) is 1.52. The number of carbonyl (C=O) groups excluding carboxylic acids is 1. The van der Waals surface area contributed by atoms with E-state index in [0.717, 1.165) is 32.4 Å². The van der Waals surface area contributed by atoms with E-state index in [0.29, 0.717) is 6.54 Å². The Balaban J connectivity index is 2.10. The van der Waals surface area contributed by atoms with E-state index < -0.39 is 0 Å². The zero-order chi connectivity index (χ0) is 10.4. The van der Waals surface area contributed by atoms with Crippen LogP contribution in [0.1, 0.15) is 26.2 Å². The SMILES string of the molecule is CCNCC(=O)NCC1(CCO)CC1. The molecule has 14 heavy (non-hydrogen) atoms. The molecule has 0 spiro atoms. The molecule has 0 atom stereocenters. The molecule has 0 aromatic heterocycles. The van der Waals surface area contributed by atoms with Crippen molar-refractivity contribution in [1.29, 1.82) is 0 Å². The highest BCUT2D eigenvalue weighted by Gasteiger charge is 2.41. The minimum absolute atomic E-state index is 0.0519. The maximum atomic E-state index is 11.2. The number of hydrogen-bond donors (Lipinski definition) is 3. The van der Waals surface area contributed by atoms with Crippen LogP contribution in [0.5, 0.6) is 0 Å². The van der Waals surface area contributed by atoms with Crippen LogP contribution in [0.2, 0.25) is 0 Å². The highest BCUT2D eigenvalue weighted by molar-refractivity contribution is 5.78. The lowest BCUT2D eigenvalue weighted by atomic mass is 10.0. The van der Waals surface area contributed by atoms with Crippen LogP contribution < -0.4 is 10.6 Å². The second-order valence-electron chi connectivity index (χ2n) is 4.03. The average Bonchev–Trinajstić information content (AvgIpc) is 2.93. The van der Waals surface area contributed by atoms with Crippen molar-refractivity contribution in [1.82, 2.24) is 10.6 Å². The standard InChI is InChI=1S/C10H20N2O2/c1-2-11-7-9(14)12-8-10(3-4-10)5-6-13/h11,13H,2-8H2,1H3,(H,12,14). The minimum Gasteiger partial charge on any atom is -0.396 e. The van der Waals surface area contributed by atoms with E-state index in [9.17, 15) is 4.79 Å². The molecule has 1 fully saturated rings.